The lowest BCUT2D eigenvalue weighted by Gasteiger charge is -2.02. The molecule has 68 valence electrons. The molecule has 0 saturated heterocycles. The summed E-state index contributed by atoms with van der Waals surface area (Å²) >= 11 is 0. The molecule has 0 unspecified atom stereocenters. The molecule has 0 amide bonds. The van der Waals surface area contributed by atoms with E-state index in [2.05, 4.69) is 0 Å². The highest BCUT2D eigenvalue weighted by Crippen LogP contribution is 2.11. The van der Waals surface area contributed by atoms with E-state index >= 15 is 0 Å². The normalized spacial score (nSPS) is 11.9. The molecule has 0 aliphatic carbocycles. The predicted octanol–water partition coefficient (Wildman–Crippen LogP) is 0.878. The molecule has 0 saturated carbocycles. The minimum Gasteiger partial charge on any atom is -0.353 e. The first-order chi connectivity index (χ1) is 5.40. The Balaban J connectivity index is 3.04. The van der Waals surface area contributed by atoms with E-state index in [4.69, 9.17) is 0 Å². The van der Waals surface area contributed by atoms with Gasteiger partial charge in [-0.15, -0.1) is 0 Å². The summed E-state index contributed by atoms with van der Waals surface area (Å²) in [4.78, 5) is 0. The molecule has 0 atom stereocenters. The van der Waals surface area contributed by atoms with Crippen molar-refractivity contribution in [3.63, 3.8) is 0 Å². The lowest BCUT2D eigenvalue weighted by atomic mass is 10.3. The van der Waals surface area contributed by atoms with Gasteiger partial charge in [-0.2, -0.15) is 0 Å². The van der Waals surface area contributed by atoms with Crippen molar-refractivity contribution in [2.45, 2.75) is 12.7 Å². The second kappa shape index (κ2) is 2.94. The van der Waals surface area contributed by atoms with E-state index in [1.165, 1.54) is 6.26 Å². The van der Waals surface area contributed by atoms with Crippen LogP contribution in [0.15, 0.2) is 12.3 Å². The summed E-state index contributed by atoms with van der Waals surface area (Å²) in [5, 5.41) is 0. The van der Waals surface area contributed by atoms with Gasteiger partial charge in [-0.05, 0) is 18.6 Å². The zero-order valence-electron chi connectivity index (χ0n) is 7.53. The highest BCUT2D eigenvalue weighted by molar-refractivity contribution is 7.89. The Morgan fingerprint density at radius 2 is 2.08 bits per heavy atom. The predicted molar refractivity (Wildman–Crippen MR) is 48.7 cm³/mol. The second-order valence-corrected chi connectivity index (χ2v) is 5.27. The third-order valence-corrected chi connectivity index (χ3v) is 2.63. The fourth-order valence-corrected chi connectivity index (χ4v) is 2.08. The van der Waals surface area contributed by atoms with Crippen molar-refractivity contribution in [1.29, 1.82) is 0 Å². The first-order valence-corrected chi connectivity index (χ1v) is 5.75. The van der Waals surface area contributed by atoms with E-state index < -0.39 is 9.84 Å². The van der Waals surface area contributed by atoms with Crippen LogP contribution in [0.25, 0.3) is 0 Å². The monoisotopic (exact) mass is 187 g/mol. The Kier molecular flexibility index (Phi) is 2.28. The van der Waals surface area contributed by atoms with Crippen LogP contribution in [0.5, 0.6) is 0 Å². The van der Waals surface area contributed by atoms with E-state index in [9.17, 15) is 8.42 Å². The Labute approximate surface area is 72.9 Å². The van der Waals surface area contributed by atoms with Crippen LogP contribution in [0, 0.1) is 6.92 Å². The number of sulfone groups is 1. The first-order valence-electron chi connectivity index (χ1n) is 3.68. The summed E-state index contributed by atoms with van der Waals surface area (Å²) in [6, 6.07) is 1.92. The van der Waals surface area contributed by atoms with Crippen molar-refractivity contribution in [2.24, 2.45) is 7.05 Å². The summed E-state index contributed by atoms with van der Waals surface area (Å²) in [5.74, 6) is 0.127. The van der Waals surface area contributed by atoms with Gasteiger partial charge in [-0.25, -0.2) is 8.42 Å². The maximum absolute atomic E-state index is 11.0. The van der Waals surface area contributed by atoms with Crippen LogP contribution in [0.3, 0.4) is 0 Å². The largest absolute Gasteiger partial charge is 0.353 e. The van der Waals surface area contributed by atoms with Gasteiger partial charge < -0.3 is 4.57 Å². The molecule has 12 heavy (non-hydrogen) atoms. The van der Waals surface area contributed by atoms with E-state index in [1.807, 2.05) is 30.8 Å². The van der Waals surface area contributed by atoms with Gasteiger partial charge in [-0.3, -0.25) is 0 Å². The molecule has 1 aromatic heterocycles. The number of aromatic nitrogens is 1. The molecule has 0 fully saturated rings. The Hall–Kier alpha value is -0.770. The van der Waals surface area contributed by atoms with Crippen LogP contribution in [-0.4, -0.2) is 19.2 Å². The average molecular weight is 187 g/mol. The molecule has 4 heteroatoms. The zero-order valence-corrected chi connectivity index (χ0v) is 8.35. The summed E-state index contributed by atoms with van der Waals surface area (Å²) in [5.41, 5.74) is 1.90. The quantitative estimate of drug-likeness (QED) is 0.689. The highest BCUT2D eigenvalue weighted by atomic mass is 32.2. The molecule has 0 N–H and O–H groups in total. The molecular formula is C8H13NO2S. The Bertz CT molecular complexity index is 356. The SMILES string of the molecule is Cc1ccn(C)c1CS(C)(=O)=O. The van der Waals surface area contributed by atoms with Crippen molar-refractivity contribution in [1.82, 2.24) is 4.57 Å². The minimum absolute atomic E-state index is 0.127. The second-order valence-electron chi connectivity index (χ2n) is 3.13. The van der Waals surface area contributed by atoms with E-state index in [0.29, 0.717) is 0 Å². The van der Waals surface area contributed by atoms with Gasteiger partial charge in [0.2, 0.25) is 0 Å². The van der Waals surface area contributed by atoms with Crippen molar-refractivity contribution in [3.8, 4) is 0 Å². The number of nitrogens with zero attached hydrogens (tertiary/aromatic N) is 1. The number of aryl methyl sites for hydroxylation is 2. The van der Waals surface area contributed by atoms with Gasteiger partial charge in [0.15, 0.2) is 9.84 Å². The maximum Gasteiger partial charge on any atom is 0.153 e. The van der Waals surface area contributed by atoms with E-state index in [1.54, 1.807) is 0 Å². The van der Waals surface area contributed by atoms with E-state index in [0.717, 1.165) is 11.3 Å². The molecule has 0 spiro atoms. The van der Waals surface area contributed by atoms with Crippen molar-refractivity contribution in [3.05, 3.63) is 23.5 Å². The topological polar surface area (TPSA) is 39.1 Å². The lowest BCUT2D eigenvalue weighted by molar-refractivity contribution is 0.599. The van der Waals surface area contributed by atoms with Crippen molar-refractivity contribution < 1.29 is 8.42 Å². The molecular weight excluding hydrogens is 174 g/mol. The summed E-state index contributed by atoms with van der Waals surface area (Å²) in [7, 11) is -1.06. The molecule has 1 heterocycles. The molecule has 1 rings (SSSR count). The van der Waals surface area contributed by atoms with Crippen LogP contribution >= 0.6 is 0 Å². The molecule has 0 bridgehead atoms. The van der Waals surface area contributed by atoms with Crippen LogP contribution in [0.4, 0.5) is 0 Å². The van der Waals surface area contributed by atoms with Gasteiger partial charge in [0, 0.05) is 25.2 Å². The summed E-state index contributed by atoms with van der Waals surface area (Å²) < 4.78 is 23.8. The minimum atomic E-state index is -2.91. The lowest BCUT2D eigenvalue weighted by Crippen LogP contribution is -2.06. The number of hydrogen-bond donors (Lipinski definition) is 0. The zero-order chi connectivity index (χ0) is 9.35. The Morgan fingerprint density at radius 1 is 1.50 bits per heavy atom. The molecule has 0 radical (unpaired) electrons. The van der Waals surface area contributed by atoms with Crippen molar-refractivity contribution >= 4 is 9.84 Å². The number of hydrogen-bond acceptors (Lipinski definition) is 2. The summed E-state index contributed by atoms with van der Waals surface area (Å²) in [6.45, 7) is 1.92. The van der Waals surface area contributed by atoms with Crippen LogP contribution in [-0.2, 0) is 22.6 Å². The van der Waals surface area contributed by atoms with Crippen LogP contribution in [0.2, 0.25) is 0 Å². The Morgan fingerprint density at radius 3 is 2.42 bits per heavy atom. The van der Waals surface area contributed by atoms with Gasteiger partial charge in [0.1, 0.15) is 0 Å². The van der Waals surface area contributed by atoms with E-state index in [-0.39, 0.29) is 5.75 Å². The third-order valence-electron chi connectivity index (χ3n) is 1.83. The van der Waals surface area contributed by atoms with Gasteiger partial charge in [0.25, 0.3) is 0 Å². The fourth-order valence-electron chi connectivity index (χ4n) is 1.15. The van der Waals surface area contributed by atoms with Gasteiger partial charge in [0.05, 0.1) is 5.75 Å². The fraction of sp³-hybridized carbons (Fsp3) is 0.500. The molecule has 1 aromatic rings. The molecule has 0 aromatic carbocycles. The smallest absolute Gasteiger partial charge is 0.153 e. The maximum atomic E-state index is 11.0. The van der Waals surface area contributed by atoms with Gasteiger partial charge in [-0.1, -0.05) is 0 Å². The van der Waals surface area contributed by atoms with Crippen LogP contribution < -0.4 is 0 Å². The molecule has 0 aliphatic rings. The third kappa shape index (κ3) is 2.11. The molecule has 0 aliphatic heterocycles. The first kappa shape index (κ1) is 9.32. The average Bonchev–Trinajstić information content (AvgIpc) is 2.16. The van der Waals surface area contributed by atoms with Gasteiger partial charge >= 0.3 is 0 Å². The highest BCUT2D eigenvalue weighted by Gasteiger charge is 2.09. The molecule has 3 nitrogen and oxygen atoms in total. The number of rotatable bonds is 2. The standard InChI is InChI=1S/C8H13NO2S/c1-7-4-5-9(2)8(7)6-12(3,10)11/h4-5H,6H2,1-3H3. The summed E-state index contributed by atoms with van der Waals surface area (Å²) in [6.07, 6.45) is 3.12. The van der Waals surface area contributed by atoms with Crippen molar-refractivity contribution in [2.75, 3.05) is 6.26 Å². The van der Waals surface area contributed by atoms with Crippen LogP contribution in [0.1, 0.15) is 11.3 Å².